The highest BCUT2D eigenvalue weighted by Crippen LogP contribution is 2.22. The SMILES string of the molecule is O=c1[nH]c(-c2cc(F)cc([N+](=O)[O-])c2)no1. The first-order valence-corrected chi connectivity index (χ1v) is 4.07. The number of aromatic amines is 1. The Balaban J connectivity index is 2.57. The maximum Gasteiger partial charge on any atom is 0.439 e. The van der Waals surface area contributed by atoms with E-state index in [1.807, 2.05) is 0 Å². The molecule has 0 spiro atoms. The molecule has 1 heterocycles. The van der Waals surface area contributed by atoms with E-state index in [9.17, 15) is 19.3 Å². The Kier molecular flexibility index (Phi) is 2.24. The molecule has 2 aromatic rings. The van der Waals surface area contributed by atoms with Crippen LogP contribution >= 0.6 is 0 Å². The molecule has 7 nitrogen and oxygen atoms in total. The van der Waals surface area contributed by atoms with Gasteiger partial charge in [0.05, 0.1) is 11.0 Å². The van der Waals surface area contributed by atoms with E-state index in [0.29, 0.717) is 0 Å². The number of nitrogens with one attached hydrogen (secondary N) is 1. The summed E-state index contributed by atoms with van der Waals surface area (Å²) in [6, 6.07) is 2.85. The van der Waals surface area contributed by atoms with Crippen LogP contribution in [-0.2, 0) is 0 Å². The molecule has 1 N–H and O–H groups in total. The van der Waals surface area contributed by atoms with Crippen LogP contribution in [0.1, 0.15) is 0 Å². The molecule has 2 rings (SSSR count). The minimum Gasteiger partial charge on any atom is -0.296 e. The molecule has 0 fully saturated rings. The molecule has 82 valence electrons. The monoisotopic (exact) mass is 225 g/mol. The minimum atomic E-state index is -0.818. The first-order valence-electron chi connectivity index (χ1n) is 4.07. The van der Waals surface area contributed by atoms with Crippen molar-refractivity contribution < 1.29 is 13.8 Å². The van der Waals surface area contributed by atoms with Crippen LogP contribution in [-0.4, -0.2) is 15.1 Å². The Bertz CT molecular complexity index is 603. The molecular formula is C8H4FN3O4. The summed E-state index contributed by atoms with van der Waals surface area (Å²) in [7, 11) is 0. The zero-order chi connectivity index (χ0) is 11.7. The summed E-state index contributed by atoms with van der Waals surface area (Å²) in [5.74, 6) is -1.68. The molecule has 0 aliphatic heterocycles. The van der Waals surface area contributed by atoms with Crippen molar-refractivity contribution >= 4 is 5.69 Å². The van der Waals surface area contributed by atoms with E-state index in [1.165, 1.54) is 0 Å². The molecule has 0 atom stereocenters. The third kappa shape index (κ3) is 1.80. The second-order valence-electron chi connectivity index (χ2n) is 2.90. The molecule has 0 amide bonds. The number of nitro benzene ring substituents is 1. The largest absolute Gasteiger partial charge is 0.439 e. The minimum absolute atomic E-state index is 0.0624. The van der Waals surface area contributed by atoms with Crippen LogP contribution in [0.5, 0.6) is 0 Å². The summed E-state index contributed by atoms with van der Waals surface area (Å²) in [4.78, 5) is 22.5. The van der Waals surface area contributed by atoms with Gasteiger partial charge >= 0.3 is 5.76 Å². The average Bonchev–Trinajstić information content (AvgIpc) is 2.64. The maximum absolute atomic E-state index is 13.0. The van der Waals surface area contributed by atoms with E-state index in [2.05, 4.69) is 14.7 Å². The third-order valence-corrected chi connectivity index (χ3v) is 1.81. The van der Waals surface area contributed by atoms with Gasteiger partial charge in [0.2, 0.25) is 0 Å². The van der Waals surface area contributed by atoms with Crippen LogP contribution in [0, 0.1) is 15.9 Å². The fraction of sp³-hybridized carbons (Fsp3) is 0. The van der Waals surface area contributed by atoms with Gasteiger partial charge in [-0.1, -0.05) is 5.16 Å². The highest BCUT2D eigenvalue weighted by atomic mass is 19.1. The van der Waals surface area contributed by atoms with Gasteiger partial charge in [-0.15, -0.1) is 0 Å². The number of H-pyrrole nitrogens is 1. The lowest BCUT2D eigenvalue weighted by molar-refractivity contribution is -0.385. The first-order chi connectivity index (χ1) is 7.56. The summed E-state index contributed by atoms with van der Waals surface area (Å²) in [6.07, 6.45) is 0. The highest BCUT2D eigenvalue weighted by Gasteiger charge is 2.13. The van der Waals surface area contributed by atoms with Gasteiger partial charge in [-0.3, -0.25) is 19.6 Å². The molecule has 1 aromatic heterocycles. The van der Waals surface area contributed by atoms with Crippen molar-refractivity contribution in [3.8, 4) is 11.4 Å². The molecule has 0 aliphatic rings. The summed E-state index contributed by atoms with van der Waals surface area (Å²) in [5.41, 5.74) is -0.364. The summed E-state index contributed by atoms with van der Waals surface area (Å²) >= 11 is 0. The third-order valence-electron chi connectivity index (χ3n) is 1.81. The van der Waals surface area contributed by atoms with Crippen molar-refractivity contribution in [2.45, 2.75) is 0 Å². The van der Waals surface area contributed by atoms with Crippen LogP contribution in [0.4, 0.5) is 10.1 Å². The normalized spacial score (nSPS) is 10.3. The van der Waals surface area contributed by atoms with E-state index in [1.54, 1.807) is 0 Å². The van der Waals surface area contributed by atoms with Crippen molar-refractivity contribution in [2.75, 3.05) is 0 Å². The van der Waals surface area contributed by atoms with E-state index in [0.717, 1.165) is 18.2 Å². The topological polar surface area (TPSA) is 102 Å². The van der Waals surface area contributed by atoms with Gasteiger partial charge in [0.15, 0.2) is 5.82 Å². The summed E-state index contributed by atoms with van der Waals surface area (Å²) < 4.78 is 17.2. The number of nitrogens with zero attached hydrogens (tertiary/aromatic N) is 2. The first kappa shape index (κ1) is 10.0. The van der Waals surface area contributed by atoms with Crippen molar-refractivity contribution in [3.05, 3.63) is 44.7 Å². The molecule has 8 heteroatoms. The predicted octanol–water partition coefficient (Wildman–Crippen LogP) is 1.08. The summed E-state index contributed by atoms with van der Waals surface area (Å²) in [5, 5.41) is 13.8. The zero-order valence-electron chi connectivity index (χ0n) is 7.64. The molecule has 0 saturated carbocycles. The van der Waals surface area contributed by atoms with Gasteiger partial charge in [0, 0.05) is 11.6 Å². The molecule has 0 saturated heterocycles. The molecule has 0 radical (unpaired) electrons. The number of hydrogen-bond acceptors (Lipinski definition) is 5. The second kappa shape index (κ2) is 3.57. The Morgan fingerprint density at radius 2 is 2.19 bits per heavy atom. The molecular weight excluding hydrogens is 221 g/mol. The predicted molar refractivity (Wildman–Crippen MR) is 49.2 cm³/mol. The fourth-order valence-corrected chi connectivity index (χ4v) is 1.17. The second-order valence-corrected chi connectivity index (χ2v) is 2.90. The van der Waals surface area contributed by atoms with Crippen LogP contribution < -0.4 is 5.76 Å². The Morgan fingerprint density at radius 1 is 1.44 bits per heavy atom. The van der Waals surface area contributed by atoms with E-state index < -0.39 is 22.2 Å². The van der Waals surface area contributed by atoms with Crippen LogP contribution in [0.25, 0.3) is 11.4 Å². The van der Waals surface area contributed by atoms with Crippen LogP contribution in [0.3, 0.4) is 0 Å². The number of benzene rings is 1. The number of rotatable bonds is 2. The average molecular weight is 225 g/mol. The van der Waals surface area contributed by atoms with E-state index in [-0.39, 0.29) is 11.4 Å². The number of hydrogen-bond donors (Lipinski definition) is 1. The van der Waals surface area contributed by atoms with Crippen molar-refractivity contribution in [1.82, 2.24) is 10.1 Å². The van der Waals surface area contributed by atoms with Gasteiger partial charge in [-0.25, -0.2) is 9.18 Å². The van der Waals surface area contributed by atoms with Gasteiger partial charge in [0.25, 0.3) is 5.69 Å². The lowest BCUT2D eigenvalue weighted by atomic mass is 10.2. The number of nitro groups is 1. The highest BCUT2D eigenvalue weighted by molar-refractivity contribution is 5.58. The van der Waals surface area contributed by atoms with Gasteiger partial charge in [-0.05, 0) is 6.07 Å². The van der Waals surface area contributed by atoms with Gasteiger partial charge in [-0.2, -0.15) is 0 Å². The quantitative estimate of drug-likeness (QED) is 0.608. The maximum atomic E-state index is 13.0. The smallest absolute Gasteiger partial charge is 0.296 e. The molecule has 16 heavy (non-hydrogen) atoms. The summed E-state index contributed by atoms with van der Waals surface area (Å²) in [6.45, 7) is 0. The lowest BCUT2D eigenvalue weighted by Crippen LogP contribution is -1.96. The molecule has 0 aliphatic carbocycles. The Hall–Kier alpha value is -2.51. The molecule has 0 unspecified atom stereocenters. The fourth-order valence-electron chi connectivity index (χ4n) is 1.17. The van der Waals surface area contributed by atoms with E-state index >= 15 is 0 Å². The van der Waals surface area contributed by atoms with Crippen LogP contribution in [0.15, 0.2) is 27.5 Å². The van der Waals surface area contributed by atoms with Crippen molar-refractivity contribution in [1.29, 1.82) is 0 Å². The van der Waals surface area contributed by atoms with Crippen molar-refractivity contribution in [3.63, 3.8) is 0 Å². The van der Waals surface area contributed by atoms with Crippen molar-refractivity contribution in [2.24, 2.45) is 0 Å². The molecule has 1 aromatic carbocycles. The Morgan fingerprint density at radius 3 is 2.75 bits per heavy atom. The van der Waals surface area contributed by atoms with Gasteiger partial charge in [0.1, 0.15) is 5.82 Å². The van der Waals surface area contributed by atoms with Gasteiger partial charge < -0.3 is 0 Å². The number of halogens is 1. The zero-order valence-corrected chi connectivity index (χ0v) is 7.64. The van der Waals surface area contributed by atoms with E-state index in [4.69, 9.17) is 0 Å². The molecule has 0 bridgehead atoms. The number of non-ortho nitro benzene ring substituents is 1. The van der Waals surface area contributed by atoms with Crippen LogP contribution in [0.2, 0.25) is 0 Å². The Labute approximate surface area is 86.7 Å². The lowest BCUT2D eigenvalue weighted by Gasteiger charge is -1.96. The number of aromatic nitrogens is 2. The standard InChI is InChI=1S/C8H4FN3O4/c9-5-1-4(2-6(3-5)12(14)15)7-10-8(13)16-11-7/h1-3H,(H,10,11,13).